The molecule has 1 unspecified atom stereocenters. The topological polar surface area (TPSA) is 82.7 Å². The lowest BCUT2D eigenvalue weighted by Crippen LogP contribution is -2.44. The van der Waals surface area contributed by atoms with Crippen molar-refractivity contribution in [3.05, 3.63) is 64.5 Å². The van der Waals surface area contributed by atoms with Crippen molar-refractivity contribution >= 4 is 41.3 Å². The molecule has 0 saturated heterocycles. The lowest BCUT2D eigenvalue weighted by atomic mass is 10.1. The second-order valence-corrected chi connectivity index (χ2v) is 7.30. The van der Waals surface area contributed by atoms with Gasteiger partial charge in [0.15, 0.2) is 11.7 Å². The Kier molecular flexibility index (Phi) is 8.46. The van der Waals surface area contributed by atoms with E-state index in [0.717, 1.165) is 28.4 Å². The Morgan fingerprint density at radius 2 is 2.00 bits per heavy atom. The van der Waals surface area contributed by atoms with Crippen molar-refractivity contribution in [1.82, 2.24) is 15.8 Å². The Morgan fingerprint density at radius 3 is 2.68 bits per heavy atom. The zero-order valence-electron chi connectivity index (χ0n) is 15.9. The van der Waals surface area contributed by atoms with E-state index in [9.17, 15) is 5.11 Å². The van der Waals surface area contributed by atoms with Gasteiger partial charge in [0.2, 0.25) is 0 Å². The summed E-state index contributed by atoms with van der Waals surface area (Å²) >= 11 is 1.53. The molecule has 1 aromatic carbocycles. The van der Waals surface area contributed by atoms with Crippen LogP contribution in [-0.4, -0.2) is 29.3 Å². The van der Waals surface area contributed by atoms with E-state index >= 15 is 0 Å². The standard InChI is InChI=1S/C20H24N4O2S.HI/c1-3-21-19(23-14-20(2,25)18-10-7-11-27-18)22-13-16-12-17(26-24-16)15-8-5-4-6-9-15;/h4-12,25H,3,13-14H2,1-2H3,(H2,21,22,23);1H. The van der Waals surface area contributed by atoms with Crippen molar-refractivity contribution in [3.63, 3.8) is 0 Å². The molecule has 3 aromatic rings. The molecular weight excluding hydrogens is 487 g/mol. The molecule has 0 saturated carbocycles. The third-order valence-electron chi connectivity index (χ3n) is 4.01. The van der Waals surface area contributed by atoms with Crippen molar-refractivity contribution in [2.24, 2.45) is 4.99 Å². The van der Waals surface area contributed by atoms with Crippen LogP contribution in [0.4, 0.5) is 0 Å². The number of benzene rings is 1. The highest BCUT2D eigenvalue weighted by atomic mass is 127. The summed E-state index contributed by atoms with van der Waals surface area (Å²) in [5.41, 5.74) is 0.770. The Morgan fingerprint density at radius 1 is 1.21 bits per heavy atom. The lowest BCUT2D eigenvalue weighted by Gasteiger charge is -2.23. The number of thiophene rings is 1. The molecular formula is C20H25IN4O2S. The van der Waals surface area contributed by atoms with E-state index in [1.807, 2.05) is 60.8 Å². The van der Waals surface area contributed by atoms with Gasteiger partial charge in [0.1, 0.15) is 11.3 Å². The highest BCUT2D eigenvalue weighted by Crippen LogP contribution is 2.24. The van der Waals surface area contributed by atoms with Gasteiger partial charge in [-0.3, -0.25) is 0 Å². The lowest BCUT2D eigenvalue weighted by molar-refractivity contribution is 0.0655. The molecule has 2 aromatic heterocycles. The molecule has 3 N–H and O–H groups in total. The number of guanidine groups is 1. The van der Waals surface area contributed by atoms with E-state index < -0.39 is 5.60 Å². The number of hydrogen-bond acceptors (Lipinski definition) is 5. The Balaban J connectivity index is 0.00000280. The predicted molar refractivity (Wildman–Crippen MR) is 124 cm³/mol. The molecule has 28 heavy (non-hydrogen) atoms. The van der Waals surface area contributed by atoms with Crippen LogP contribution in [0.25, 0.3) is 11.3 Å². The first-order chi connectivity index (χ1) is 13.1. The van der Waals surface area contributed by atoms with Crippen LogP contribution in [0.1, 0.15) is 24.4 Å². The van der Waals surface area contributed by atoms with Crippen molar-refractivity contribution in [3.8, 4) is 11.3 Å². The SMILES string of the molecule is CCNC(=NCc1cc(-c2ccccc2)on1)NCC(C)(O)c1cccs1.I. The molecule has 2 heterocycles. The van der Waals surface area contributed by atoms with E-state index in [4.69, 9.17) is 4.52 Å². The summed E-state index contributed by atoms with van der Waals surface area (Å²) in [6, 6.07) is 15.6. The summed E-state index contributed by atoms with van der Waals surface area (Å²) < 4.78 is 5.41. The molecule has 0 spiro atoms. The minimum atomic E-state index is -0.960. The van der Waals surface area contributed by atoms with Crippen LogP contribution in [0.2, 0.25) is 0 Å². The fraction of sp³-hybridized carbons (Fsp3) is 0.300. The fourth-order valence-corrected chi connectivity index (χ4v) is 3.34. The molecule has 8 heteroatoms. The molecule has 0 fully saturated rings. The number of halogens is 1. The van der Waals surface area contributed by atoms with Gasteiger partial charge in [0.25, 0.3) is 0 Å². The highest BCUT2D eigenvalue weighted by molar-refractivity contribution is 14.0. The van der Waals surface area contributed by atoms with Crippen LogP contribution < -0.4 is 10.6 Å². The third kappa shape index (κ3) is 6.05. The second-order valence-electron chi connectivity index (χ2n) is 6.35. The molecule has 0 aliphatic rings. The predicted octanol–water partition coefficient (Wildman–Crippen LogP) is 3.98. The summed E-state index contributed by atoms with van der Waals surface area (Å²) in [6.45, 7) is 5.25. The van der Waals surface area contributed by atoms with Crippen LogP contribution >= 0.6 is 35.3 Å². The van der Waals surface area contributed by atoms with Crippen LogP contribution in [0, 0.1) is 0 Å². The molecule has 150 valence electrons. The van der Waals surface area contributed by atoms with Gasteiger partial charge in [-0.05, 0) is 25.3 Å². The van der Waals surface area contributed by atoms with Gasteiger partial charge in [-0.15, -0.1) is 35.3 Å². The Bertz CT molecular complexity index is 863. The largest absolute Gasteiger partial charge is 0.383 e. The summed E-state index contributed by atoms with van der Waals surface area (Å²) in [4.78, 5) is 5.45. The van der Waals surface area contributed by atoms with Gasteiger partial charge in [-0.1, -0.05) is 41.6 Å². The van der Waals surface area contributed by atoms with E-state index in [0.29, 0.717) is 19.0 Å². The van der Waals surface area contributed by atoms with E-state index in [2.05, 4.69) is 20.8 Å². The molecule has 0 radical (unpaired) electrons. The summed E-state index contributed by atoms with van der Waals surface area (Å²) in [6.07, 6.45) is 0. The van der Waals surface area contributed by atoms with Gasteiger partial charge in [-0.25, -0.2) is 4.99 Å². The number of nitrogens with zero attached hydrogens (tertiary/aromatic N) is 2. The molecule has 0 aliphatic carbocycles. The number of hydrogen-bond donors (Lipinski definition) is 3. The first-order valence-corrected chi connectivity index (χ1v) is 9.76. The van der Waals surface area contributed by atoms with Gasteiger partial charge in [0.05, 0.1) is 13.1 Å². The maximum atomic E-state index is 10.6. The van der Waals surface area contributed by atoms with E-state index in [1.54, 1.807) is 6.92 Å². The van der Waals surface area contributed by atoms with Crippen LogP contribution in [-0.2, 0) is 12.1 Å². The van der Waals surface area contributed by atoms with Gasteiger partial charge >= 0.3 is 0 Å². The molecule has 0 aliphatic heterocycles. The Hall–Kier alpha value is -1.91. The zero-order valence-corrected chi connectivity index (χ0v) is 19.0. The van der Waals surface area contributed by atoms with E-state index in [1.165, 1.54) is 11.3 Å². The maximum Gasteiger partial charge on any atom is 0.191 e. The minimum absolute atomic E-state index is 0. The average molecular weight is 512 g/mol. The number of nitrogens with one attached hydrogen (secondary N) is 2. The number of aromatic nitrogens is 1. The smallest absolute Gasteiger partial charge is 0.191 e. The van der Waals surface area contributed by atoms with Crippen LogP contribution in [0.15, 0.2) is 63.4 Å². The van der Waals surface area contributed by atoms with Crippen LogP contribution in [0.5, 0.6) is 0 Å². The second kappa shape index (κ2) is 10.6. The highest BCUT2D eigenvalue weighted by Gasteiger charge is 2.24. The van der Waals surface area contributed by atoms with Crippen molar-refractivity contribution < 1.29 is 9.63 Å². The van der Waals surface area contributed by atoms with Gasteiger partial charge in [0, 0.05) is 23.1 Å². The summed E-state index contributed by atoms with van der Waals surface area (Å²) in [5, 5.41) is 23.1. The fourth-order valence-electron chi connectivity index (χ4n) is 2.55. The average Bonchev–Trinajstić information content (AvgIpc) is 3.37. The van der Waals surface area contributed by atoms with Crippen molar-refractivity contribution in [1.29, 1.82) is 0 Å². The van der Waals surface area contributed by atoms with Crippen molar-refractivity contribution in [2.75, 3.05) is 13.1 Å². The first kappa shape index (κ1) is 22.4. The van der Waals surface area contributed by atoms with E-state index in [-0.39, 0.29) is 24.0 Å². The number of aliphatic hydroxyl groups is 1. The molecule has 0 amide bonds. The normalized spacial score (nSPS) is 13.5. The summed E-state index contributed by atoms with van der Waals surface area (Å²) in [5.74, 6) is 1.35. The molecule has 6 nitrogen and oxygen atoms in total. The quantitative estimate of drug-likeness (QED) is 0.254. The molecule has 0 bridgehead atoms. The first-order valence-electron chi connectivity index (χ1n) is 8.88. The maximum absolute atomic E-state index is 10.6. The van der Waals surface area contributed by atoms with Gasteiger partial charge in [-0.2, -0.15) is 0 Å². The van der Waals surface area contributed by atoms with Gasteiger partial charge < -0.3 is 20.3 Å². The Labute approximate surface area is 186 Å². The van der Waals surface area contributed by atoms with Crippen molar-refractivity contribution in [2.45, 2.75) is 26.0 Å². The minimum Gasteiger partial charge on any atom is -0.383 e. The molecule has 1 atom stereocenters. The number of rotatable bonds is 7. The monoisotopic (exact) mass is 512 g/mol. The third-order valence-corrected chi connectivity index (χ3v) is 5.14. The molecule has 3 rings (SSSR count). The zero-order chi connectivity index (χ0) is 19.1. The summed E-state index contributed by atoms with van der Waals surface area (Å²) in [7, 11) is 0. The number of aliphatic imine (C=N–C) groups is 1. The van der Waals surface area contributed by atoms with Crippen LogP contribution in [0.3, 0.4) is 0 Å².